The topological polar surface area (TPSA) is 33.1 Å². The van der Waals surface area contributed by atoms with Crippen LogP contribution in [0.2, 0.25) is 0 Å². The van der Waals surface area contributed by atoms with Gasteiger partial charge in [-0.2, -0.15) is 0 Å². The van der Waals surface area contributed by atoms with Gasteiger partial charge in [-0.1, -0.05) is 74.5 Å². The highest BCUT2D eigenvalue weighted by molar-refractivity contribution is 6.00. The van der Waals surface area contributed by atoms with E-state index in [-0.39, 0.29) is 0 Å². The third-order valence-electron chi connectivity index (χ3n) is 4.38. The molecule has 0 fully saturated rings. The molecule has 0 radical (unpaired) electrons. The standard InChI is InChI=1S/C22H23NO/c1-16(2)18-9-7-17(8-10-18)14-24-15-20-12-11-19(13-23)21-5-3-4-6-22(20)21/h3-13,16,23H,14-15H2,1-2H3. The second-order valence-corrected chi connectivity index (χ2v) is 6.39. The first kappa shape index (κ1) is 16.4. The van der Waals surface area contributed by atoms with E-state index in [1.54, 1.807) is 0 Å². The van der Waals surface area contributed by atoms with Crippen molar-refractivity contribution in [1.29, 1.82) is 5.41 Å². The lowest BCUT2D eigenvalue weighted by Gasteiger charge is -2.11. The van der Waals surface area contributed by atoms with Crippen LogP contribution in [0.5, 0.6) is 0 Å². The molecule has 0 heterocycles. The van der Waals surface area contributed by atoms with E-state index in [2.05, 4.69) is 56.3 Å². The van der Waals surface area contributed by atoms with Crippen molar-refractivity contribution in [2.75, 3.05) is 0 Å². The van der Waals surface area contributed by atoms with E-state index in [1.165, 1.54) is 17.3 Å². The van der Waals surface area contributed by atoms with Gasteiger partial charge in [-0.05, 0) is 38.9 Å². The quantitative estimate of drug-likeness (QED) is 0.583. The fourth-order valence-electron chi connectivity index (χ4n) is 2.91. The second-order valence-electron chi connectivity index (χ2n) is 6.39. The Balaban J connectivity index is 1.71. The molecular weight excluding hydrogens is 294 g/mol. The molecular formula is C22H23NO. The smallest absolute Gasteiger partial charge is 0.0727 e. The SMILES string of the molecule is CC(C)c1ccc(COCc2ccc(C=N)c3ccccc23)cc1. The summed E-state index contributed by atoms with van der Waals surface area (Å²) in [5, 5.41) is 9.80. The van der Waals surface area contributed by atoms with E-state index in [4.69, 9.17) is 10.1 Å². The van der Waals surface area contributed by atoms with Gasteiger partial charge in [0.05, 0.1) is 13.2 Å². The summed E-state index contributed by atoms with van der Waals surface area (Å²) in [6.07, 6.45) is 1.41. The lowest BCUT2D eigenvalue weighted by atomic mass is 10.0. The molecule has 0 aliphatic rings. The first-order valence-corrected chi connectivity index (χ1v) is 8.36. The van der Waals surface area contributed by atoms with Crippen molar-refractivity contribution < 1.29 is 4.74 Å². The zero-order chi connectivity index (χ0) is 16.9. The van der Waals surface area contributed by atoms with Crippen molar-refractivity contribution in [3.05, 3.63) is 82.9 Å². The molecule has 2 nitrogen and oxygen atoms in total. The maximum Gasteiger partial charge on any atom is 0.0727 e. The van der Waals surface area contributed by atoms with Crippen LogP contribution < -0.4 is 0 Å². The van der Waals surface area contributed by atoms with Crippen LogP contribution in [0.1, 0.15) is 42.0 Å². The van der Waals surface area contributed by atoms with Gasteiger partial charge in [0.2, 0.25) is 0 Å². The van der Waals surface area contributed by atoms with E-state index < -0.39 is 0 Å². The Morgan fingerprint density at radius 3 is 2.25 bits per heavy atom. The van der Waals surface area contributed by atoms with Crippen LogP contribution in [0.4, 0.5) is 0 Å². The lowest BCUT2D eigenvalue weighted by Crippen LogP contribution is -1.97. The van der Waals surface area contributed by atoms with Gasteiger partial charge in [0, 0.05) is 6.21 Å². The average molecular weight is 317 g/mol. The third-order valence-corrected chi connectivity index (χ3v) is 4.38. The fraction of sp³-hybridized carbons (Fsp3) is 0.227. The fourth-order valence-corrected chi connectivity index (χ4v) is 2.91. The molecule has 3 aromatic carbocycles. The Labute approximate surface area is 143 Å². The normalized spacial score (nSPS) is 11.1. The molecule has 0 aliphatic carbocycles. The molecule has 24 heavy (non-hydrogen) atoms. The molecule has 1 N–H and O–H groups in total. The van der Waals surface area contributed by atoms with Crippen molar-refractivity contribution in [2.45, 2.75) is 33.0 Å². The Kier molecular flexibility index (Phi) is 5.07. The summed E-state index contributed by atoms with van der Waals surface area (Å²) in [4.78, 5) is 0. The number of rotatable bonds is 6. The van der Waals surface area contributed by atoms with Crippen molar-refractivity contribution in [3.8, 4) is 0 Å². The van der Waals surface area contributed by atoms with Gasteiger partial charge in [0.1, 0.15) is 0 Å². The van der Waals surface area contributed by atoms with Crippen LogP contribution >= 0.6 is 0 Å². The number of nitrogens with one attached hydrogen (secondary N) is 1. The highest BCUT2D eigenvalue weighted by atomic mass is 16.5. The number of ether oxygens (including phenoxy) is 1. The van der Waals surface area contributed by atoms with E-state index in [0.717, 1.165) is 21.9 Å². The highest BCUT2D eigenvalue weighted by Gasteiger charge is 2.05. The molecule has 0 atom stereocenters. The van der Waals surface area contributed by atoms with Gasteiger partial charge in [0.25, 0.3) is 0 Å². The number of hydrogen-bond donors (Lipinski definition) is 1. The number of benzene rings is 3. The van der Waals surface area contributed by atoms with E-state index in [1.807, 2.05) is 18.2 Å². The first-order chi connectivity index (χ1) is 11.7. The third kappa shape index (κ3) is 3.55. The minimum Gasteiger partial charge on any atom is -0.372 e. The molecule has 122 valence electrons. The van der Waals surface area contributed by atoms with E-state index >= 15 is 0 Å². The van der Waals surface area contributed by atoms with Crippen LogP contribution in [0, 0.1) is 5.41 Å². The van der Waals surface area contributed by atoms with Crippen molar-refractivity contribution >= 4 is 17.0 Å². The molecule has 0 unspecified atom stereocenters. The largest absolute Gasteiger partial charge is 0.372 e. The summed E-state index contributed by atoms with van der Waals surface area (Å²) in [5.74, 6) is 0.554. The Bertz CT molecular complexity index is 834. The van der Waals surface area contributed by atoms with Crippen molar-refractivity contribution in [2.24, 2.45) is 0 Å². The molecule has 0 amide bonds. The van der Waals surface area contributed by atoms with Gasteiger partial charge in [0.15, 0.2) is 0 Å². The molecule has 0 aliphatic heterocycles. The van der Waals surface area contributed by atoms with Gasteiger partial charge < -0.3 is 10.1 Å². The molecule has 0 spiro atoms. The predicted molar refractivity (Wildman–Crippen MR) is 101 cm³/mol. The van der Waals surface area contributed by atoms with Crippen LogP contribution in [0.15, 0.2) is 60.7 Å². The van der Waals surface area contributed by atoms with Gasteiger partial charge in [-0.3, -0.25) is 0 Å². The highest BCUT2D eigenvalue weighted by Crippen LogP contribution is 2.23. The van der Waals surface area contributed by atoms with Crippen LogP contribution in [-0.4, -0.2) is 6.21 Å². The molecule has 0 saturated carbocycles. The summed E-state index contributed by atoms with van der Waals surface area (Å²) in [6, 6.07) is 20.9. The maximum absolute atomic E-state index is 7.54. The van der Waals surface area contributed by atoms with Gasteiger partial charge >= 0.3 is 0 Å². The number of fused-ring (bicyclic) bond motifs is 1. The maximum atomic E-state index is 7.54. The molecule has 0 aromatic heterocycles. The molecule has 2 heteroatoms. The summed E-state index contributed by atoms with van der Waals surface area (Å²) < 4.78 is 5.93. The Hall–Kier alpha value is -2.45. The zero-order valence-electron chi connectivity index (χ0n) is 14.3. The van der Waals surface area contributed by atoms with Crippen LogP contribution in [0.25, 0.3) is 10.8 Å². The molecule has 3 aromatic rings. The summed E-state index contributed by atoms with van der Waals surface area (Å²) >= 11 is 0. The van der Waals surface area contributed by atoms with Crippen molar-refractivity contribution in [3.63, 3.8) is 0 Å². The molecule has 3 rings (SSSR count). The monoisotopic (exact) mass is 317 g/mol. The first-order valence-electron chi connectivity index (χ1n) is 8.36. The zero-order valence-corrected chi connectivity index (χ0v) is 14.3. The van der Waals surface area contributed by atoms with Gasteiger partial charge in [-0.25, -0.2) is 0 Å². The second kappa shape index (κ2) is 7.41. The number of hydrogen-bond acceptors (Lipinski definition) is 2. The van der Waals surface area contributed by atoms with Gasteiger partial charge in [-0.15, -0.1) is 0 Å². The minimum atomic E-state index is 0.554. The van der Waals surface area contributed by atoms with E-state index in [9.17, 15) is 0 Å². The average Bonchev–Trinajstić information content (AvgIpc) is 2.62. The molecule has 0 bridgehead atoms. The Morgan fingerprint density at radius 1 is 0.875 bits per heavy atom. The van der Waals surface area contributed by atoms with E-state index in [0.29, 0.717) is 19.1 Å². The van der Waals surface area contributed by atoms with Crippen LogP contribution in [0.3, 0.4) is 0 Å². The minimum absolute atomic E-state index is 0.554. The predicted octanol–water partition coefficient (Wildman–Crippen LogP) is 5.68. The summed E-state index contributed by atoms with van der Waals surface area (Å²) in [7, 11) is 0. The van der Waals surface area contributed by atoms with Crippen molar-refractivity contribution in [1.82, 2.24) is 0 Å². The summed E-state index contributed by atoms with van der Waals surface area (Å²) in [5.41, 5.74) is 4.65. The molecule has 0 saturated heterocycles. The Morgan fingerprint density at radius 2 is 1.58 bits per heavy atom. The van der Waals surface area contributed by atoms with Crippen LogP contribution in [-0.2, 0) is 18.0 Å². The summed E-state index contributed by atoms with van der Waals surface area (Å²) in [6.45, 7) is 5.59. The lowest BCUT2D eigenvalue weighted by molar-refractivity contribution is 0.108.